The molecule has 0 saturated heterocycles. The lowest BCUT2D eigenvalue weighted by Crippen LogP contribution is -1.74. The Labute approximate surface area is 91.2 Å². The topological polar surface area (TPSA) is 20.2 Å². The molecule has 1 rings (SSSR count). The standard InChI is InChI=1S/C10H10BrClO/c11-9-7-8(3-1-2-6-12)4-5-10(9)13/h1,3-5,7,13H,2,6H2. The van der Waals surface area contributed by atoms with E-state index < -0.39 is 0 Å². The molecular weight excluding hydrogens is 251 g/mol. The van der Waals surface area contributed by atoms with Crippen molar-refractivity contribution in [1.29, 1.82) is 0 Å². The van der Waals surface area contributed by atoms with E-state index in [1.165, 1.54) is 0 Å². The predicted molar refractivity (Wildman–Crippen MR) is 60.2 cm³/mol. The number of phenolic OH excluding ortho intramolecular Hbond substituents is 1. The normalized spacial score (nSPS) is 10.9. The lowest BCUT2D eigenvalue weighted by atomic mass is 10.2. The SMILES string of the molecule is Oc1ccc(C=CCCCl)cc1Br. The van der Waals surface area contributed by atoms with Gasteiger partial charge in [0.1, 0.15) is 5.75 Å². The highest BCUT2D eigenvalue weighted by Gasteiger charge is 1.95. The monoisotopic (exact) mass is 260 g/mol. The van der Waals surface area contributed by atoms with Crippen molar-refractivity contribution < 1.29 is 5.11 Å². The molecule has 1 nitrogen and oxygen atoms in total. The molecule has 0 aliphatic heterocycles. The van der Waals surface area contributed by atoms with E-state index in [2.05, 4.69) is 15.9 Å². The van der Waals surface area contributed by atoms with Crippen LogP contribution in [0.5, 0.6) is 5.75 Å². The van der Waals surface area contributed by atoms with Crippen LogP contribution in [0.2, 0.25) is 0 Å². The Morgan fingerprint density at radius 2 is 2.23 bits per heavy atom. The summed E-state index contributed by atoms with van der Waals surface area (Å²) in [6, 6.07) is 5.37. The van der Waals surface area contributed by atoms with E-state index in [-0.39, 0.29) is 5.75 Å². The third-order valence-corrected chi connectivity index (χ3v) is 2.41. The van der Waals surface area contributed by atoms with Gasteiger partial charge in [-0.1, -0.05) is 18.2 Å². The molecule has 0 aromatic heterocycles. The fourth-order valence-electron chi connectivity index (χ4n) is 0.909. The number of alkyl halides is 1. The zero-order valence-electron chi connectivity index (χ0n) is 7.00. The highest BCUT2D eigenvalue weighted by atomic mass is 79.9. The quantitative estimate of drug-likeness (QED) is 0.821. The Morgan fingerprint density at radius 1 is 1.46 bits per heavy atom. The number of hydrogen-bond acceptors (Lipinski definition) is 1. The summed E-state index contributed by atoms with van der Waals surface area (Å²) in [6.45, 7) is 0. The van der Waals surface area contributed by atoms with Crippen molar-refractivity contribution in [1.82, 2.24) is 0 Å². The summed E-state index contributed by atoms with van der Waals surface area (Å²) >= 11 is 8.77. The van der Waals surface area contributed by atoms with E-state index in [1.54, 1.807) is 6.07 Å². The Hall–Kier alpha value is -0.470. The second kappa shape index (κ2) is 5.30. The third kappa shape index (κ3) is 3.41. The molecule has 0 aliphatic carbocycles. The summed E-state index contributed by atoms with van der Waals surface area (Å²) in [6.07, 6.45) is 4.85. The van der Waals surface area contributed by atoms with Gasteiger partial charge >= 0.3 is 0 Å². The van der Waals surface area contributed by atoms with Gasteiger partial charge in [-0.25, -0.2) is 0 Å². The molecule has 0 bridgehead atoms. The second-order valence-corrected chi connectivity index (χ2v) is 3.82. The molecule has 0 unspecified atom stereocenters. The number of benzene rings is 1. The van der Waals surface area contributed by atoms with Crippen LogP contribution in [0.1, 0.15) is 12.0 Å². The van der Waals surface area contributed by atoms with Crippen LogP contribution in [-0.4, -0.2) is 11.0 Å². The zero-order valence-corrected chi connectivity index (χ0v) is 9.35. The molecule has 1 N–H and O–H groups in total. The number of allylic oxidation sites excluding steroid dienone is 1. The van der Waals surface area contributed by atoms with E-state index in [9.17, 15) is 5.11 Å². The Kier molecular flexibility index (Phi) is 4.33. The Morgan fingerprint density at radius 3 is 2.85 bits per heavy atom. The van der Waals surface area contributed by atoms with Crippen LogP contribution in [0.25, 0.3) is 6.08 Å². The van der Waals surface area contributed by atoms with Gasteiger partial charge in [0.2, 0.25) is 0 Å². The average Bonchev–Trinajstić information content (AvgIpc) is 2.12. The van der Waals surface area contributed by atoms with Crippen LogP contribution in [0.4, 0.5) is 0 Å². The first-order valence-corrected chi connectivity index (χ1v) is 5.28. The number of phenols is 1. The lowest BCUT2D eigenvalue weighted by Gasteiger charge is -1.97. The smallest absolute Gasteiger partial charge is 0.129 e. The van der Waals surface area contributed by atoms with Crippen LogP contribution in [0, 0.1) is 0 Å². The van der Waals surface area contributed by atoms with E-state index >= 15 is 0 Å². The summed E-state index contributed by atoms with van der Waals surface area (Å²) in [5, 5.41) is 9.22. The van der Waals surface area contributed by atoms with Gasteiger partial charge in [0.15, 0.2) is 0 Å². The minimum absolute atomic E-state index is 0.259. The molecule has 0 saturated carbocycles. The first-order valence-electron chi connectivity index (χ1n) is 3.95. The van der Waals surface area contributed by atoms with Crippen molar-refractivity contribution in [2.75, 3.05) is 5.88 Å². The fraction of sp³-hybridized carbons (Fsp3) is 0.200. The molecule has 0 amide bonds. The Balaban J connectivity index is 2.73. The van der Waals surface area contributed by atoms with E-state index in [1.807, 2.05) is 24.3 Å². The van der Waals surface area contributed by atoms with Crippen molar-refractivity contribution >= 4 is 33.6 Å². The van der Waals surface area contributed by atoms with Gasteiger partial charge in [0.05, 0.1) is 4.47 Å². The van der Waals surface area contributed by atoms with Crippen LogP contribution in [-0.2, 0) is 0 Å². The summed E-state index contributed by atoms with van der Waals surface area (Å²) in [5.41, 5.74) is 1.05. The highest BCUT2D eigenvalue weighted by molar-refractivity contribution is 9.10. The summed E-state index contributed by atoms with van der Waals surface area (Å²) in [7, 11) is 0. The van der Waals surface area contributed by atoms with Crippen molar-refractivity contribution in [2.24, 2.45) is 0 Å². The number of rotatable bonds is 3. The molecule has 3 heteroatoms. The van der Waals surface area contributed by atoms with Gasteiger partial charge in [-0.2, -0.15) is 0 Å². The number of hydrogen-bond donors (Lipinski definition) is 1. The molecule has 0 aliphatic rings. The largest absolute Gasteiger partial charge is 0.507 e. The van der Waals surface area contributed by atoms with Gasteiger partial charge < -0.3 is 5.11 Å². The van der Waals surface area contributed by atoms with Crippen molar-refractivity contribution in [3.05, 3.63) is 34.3 Å². The maximum Gasteiger partial charge on any atom is 0.129 e. The minimum atomic E-state index is 0.259. The molecule has 0 spiro atoms. The summed E-state index contributed by atoms with van der Waals surface area (Å²) < 4.78 is 0.709. The second-order valence-electron chi connectivity index (χ2n) is 2.59. The maximum atomic E-state index is 9.22. The molecule has 1 aromatic rings. The Bertz CT molecular complexity index is 310. The van der Waals surface area contributed by atoms with Crippen LogP contribution < -0.4 is 0 Å². The highest BCUT2D eigenvalue weighted by Crippen LogP contribution is 2.24. The summed E-state index contributed by atoms with van der Waals surface area (Å²) in [4.78, 5) is 0. The van der Waals surface area contributed by atoms with Gasteiger partial charge in [0.25, 0.3) is 0 Å². The number of halogens is 2. The predicted octanol–water partition coefficient (Wildman–Crippen LogP) is 3.80. The number of aromatic hydroxyl groups is 1. The van der Waals surface area contributed by atoms with Crippen LogP contribution >= 0.6 is 27.5 Å². The molecule has 0 heterocycles. The molecule has 70 valence electrons. The average molecular weight is 262 g/mol. The van der Waals surface area contributed by atoms with E-state index in [0.717, 1.165) is 12.0 Å². The van der Waals surface area contributed by atoms with Gasteiger partial charge in [-0.05, 0) is 40.0 Å². The molecule has 0 fully saturated rings. The first-order chi connectivity index (χ1) is 6.24. The van der Waals surface area contributed by atoms with Crippen LogP contribution in [0.15, 0.2) is 28.7 Å². The van der Waals surface area contributed by atoms with E-state index in [0.29, 0.717) is 10.4 Å². The van der Waals surface area contributed by atoms with Gasteiger partial charge in [-0.15, -0.1) is 11.6 Å². The minimum Gasteiger partial charge on any atom is -0.507 e. The molecule has 1 aromatic carbocycles. The van der Waals surface area contributed by atoms with Crippen molar-refractivity contribution in [3.63, 3.8) is 0 Å². The lowest BCUT2D eigenvalue weighted by molar-refractivity contribution is 0.472. The molecule has 0 atom stereocenters. The fourth-order valence-corrected chi connectivity index (χ4v) is 1.43. The summed E-state index contributed by atoms with van der Waals surface area (Å²) in [5.74, 6) is 0.893. The maximum absolute atomic E-state index is 9.22. The van der Waals surface area contributed by atoms with Crippen molar-refractivity contribution in [3.8, 4) is 5.75 Å². The van der Waals surface area contributed by atoms with Gasteiger partial charge in [-0.3, -0.25) is 0 Å². The van der Waals surface area contributed by atoms with Crippen molar-refractivity contribution in [2.45, 2.75) is 6.42 Å². The van der Waals surface area contributed by atoms with Gasteiger partial charge in [0, 0.05) is 5.88 Å². The first kappa shape index (κ1) is 10.6. The third-order valence-electron chi connectivity index (χ3n) is 1.56. The molecule has 0 radical (unpaired) electrons. The molecule has 13 heavy (non-hydrogen) atoms. The van der Waals surface area contributed by atoms with E-state index in [4.69, 9.17) is 11.6 Å². The zero-order chi connectivity index (χ0) is 9.68. The molecular formula is C10H10BrClO. The van der Waals surface area contributed by atoms with Crippen LogP contribution in [0.3, 0.4) is 0 Å².